The summed E-state index contributed by atoms with van der Waals surface area (Å²) < 4.78 is 6.83. The van der Waals surface area contributed by atoms with Gasteiger partial charge in [0.25, 0.3) is 11.5 Å². The van der Waals surface area contributed by atoms with E-state index in [1.165, 1.54) is 17.7 Å². The first-order valence-corrected chi connectivity index (χ1v) is 8.56. The third-order valence-corrected chi connectivity index (χ3v) is 4.33. The Morgan fingerprint density at radius 3 is 2.78 bits per heavy atom. The Balaban J connectivity index is 2.03. The van der Waals surface area contributed by atoms with Crippen LogP contribution in [0.3, 0.4) is 0 Å². The number of nitrogens with one attached hydrogen (secondary N) is 1. The highest BCUT2D eigenvalue weighted by molar-refractivity contribution is 6.33. The number of carbonyl (C=O) groups is 1. The number of primary amides is 1. The topological polar surface area (TPSA) is 112 Å². The van der Waals surface area contributed by atoms with E-state index in [4.69, 9.17) is 33.7 Å². The molecule has 1 atom stereocenters. The Morgan fingerprint density at radius 1 is 1.33 bits per heavy atom. The Kier molecular flexibility index (Phi) is 5.20. The van der Waals surface area contributed by atoms with E-state index in [0.29, 0.717) is 27.4 Å². The van der Waals surface area contributed by atoms with Gasteiger partial charge in [0.2, 0.25) is 5.28 Å². The molecule has 3 N–H and O–H groups in total. The van der Waals surface area contributed by atoms with Gasteiger partial charge in [0.05, 0.1) is 11.7 Å². The second kappa shape index (κ2) is 7.42. The number of hydrogen-bond donors (Lipinski definition) is 2. The van der Waals surface area contributed by atoms with Crippen LogP contribution in [0.2, 0.25) is 10.3 Å². The van der Waals surface area contributed by atoms with Crippen molar-refractivity contribution in [1.29, 1.82) is 0 Å². The van der Waals surface area contributed by atoms with Crippen molar-refractivity contribution < 1.29 is 9.53 Å². The molecule has 1 amide bonds. The van der Waals surface area contributed by atoms with Gasteiger partial charge in [-0.2, -0.15) is 4.98 Å². The zero-order chi connectivity index (χ0) is 19.7. The fourth-order valence-corrected chi connectivity index (χ4v) is 2.71. The number of anilines is 2. The molecule has 140 valence electrons. The second-order valence-corrected chi connectivity index (χ2v) is 6.51. The number of rotatable bonds is 5. The maximum absolute atomic E-state index is 12.4. The van der Waals surface area contributed by atoms with Crippen molar-refractivity contribution in [3.63, 3.8) is 0 Å². The zero-order valence-electron chi connectivity index (χ0n) is 14.4. The third kappa shape index (κ3) is 3.96. The van der Waals surface area contributed by atoms with Gasteiger partial charge in [0.15, 0.2) is 17.7 Å². The van der Waals surface area contributed by atoms with Crippen molar-refractivity contribution in [2.75, 3.05) is 5.32 Å². The van der Waals surface area contributed by atoms with Crippen LogP contribution in [0.1, 0.15) is 6.92 Å². The number of hydrogen-bond acceptors (Lipinski definition) is 6. The fourth-order valence-electron chi connectivity index (χ4n) is 2.43. The SMILES string of the molecule is CC(Oc1cc2cc(Nc3nc(Cl)ncc3Cl)ccc2n(C)c1=O)C(N)=O. The second-order valence-electron chi connectivity index (χ2n) is 5.77. The number of nitrogens with zero attached hydrogens (tertiary/aromatic N) is 3. The average Bonchev–Trinajstić information content (AvgIpc) is 2.62. The van der Waals surface area contributed by atoms with E-state index in [9.17, 15) is 9.59 Å². The van der Waals surface area contributed by atoms with Gasteiger partial charge in [0, 0.05) is 18.1 Å². The van der Waals surface area contributed by atoms with E-state index in [0.717, 1.165) is 0 Å². The zero-order valence-corrected chi connectivity index (χ0v) is 15.9. The van der Waals surface area contributed by atoms with Crippen LogP contribution in [0, 0.1) is 0 Å². The number of pyridine rings is 1. The summed E-state index contributed by atoms with van der Waals surface area (Å²) in [5.41, 5.74) is 6.17. The van der Waals surface area contributed by atoms with Crippen molar-refractivity contribution in [2.45, 2.75) is 13.0 Å². The van der Waals surface area contributed by atoms with Crippen molar-refractivity contribution in [2.24, 2.45) is 12.8 Å². The van der Waals surface area contributed by atoms with E-state index in [2.05, 4.69) is 15.3 Å². The first-order valence-electron chi connectivity index (χ1n) is 7.81. The molecular formula is C17H15Cl2N5O3. The molecule has 10 heteroatoms. The van der Waals surface area contributed by atoms with Gasteiger partial charge >= 0.3 is 0 Å². The summed E-state index contributed by atoms with van der Waals surface area (Å²) in [6.07, 6.45) is 0.458. The number of aromatic nitrogens is 3. The number of carbonyl (C=O) groups excluding carboxylic acids is 1. The lowest BCUT2D eigenvalue weighted by atomic mass is 10.2. The van der Waals surface area contributed by atoms with Crippen LogP contribution < -0.4 is 21.3 Å². The summed E-state index contributed by atoms with van der Waals surface area (Å²) >= 11 is 11.9. The van der Waals surface area contributed by atoms with Gasteiger partial charge in [-0.3, -0.25) is 9.59 Å². The highest BCUT2D eigenvalue weighted by Crippen LogP contribution is 2.27. The normalized spacial score (nSPS) is 12.0. The molecule has 8 nitrogen and oxygen atoms in total. The van der Waals surface area contributed by atoms with Gasteiger partial charge in [-0.15, -0.1) is 0 Å². The summed E-state index contributed by atoms with van der Waals surface area (Å²) in [4.78, 5) is 31.5. The number of aryl methyl sites for hydroxylation is 1. The number of nitrogens with two attached hydrogens (primary N) is 1. The van der Waals surface area contributed by atoms with Crippen molar-refractivity contribution in [3.8, 4) is 5.75 Å². The highest BCUT2D eigenvalue weighted by atomic mass is 35.5. The fraction of sp³-hybridized carbons (Fsp3) is 0.176. The van der Waals surface area contributed by atoms with Crippen LogP contribution in [-0.4, -0.2) is 26.5 Å². The lowest BCUT2D eigenvalue weighted by Gasteiger charge is -2.14. The number of ether oxygens (including phenoxy) is 1. The molecule has 0 aliphatic heterocycles. The number of fused-ring (bicyclic) bond motifs is 1. The number of halogens is 2. The molecule has 1 unspecified atom stereocenters. The molecule has 0 bridgehead atoms. The number of benzene rings is 1. The first-order chi connectivity index (χ1) is 12.8. The van der Waals surface area contributed by atoms with Crippen LogP contribution in [0.25, 0.3) is 10.9 Å². The molecule has 0 aliphatic carbocycles. The van der Waals surface area contributed by atoms with Gasteiger partial charge < -0.3 is 20.4 Å². The smallest absolute Gasteiger partial charge is 0.293 e. The van der Waals surface area contributed by atoms with E-state index in [1.807, 2.05) is 0 Å². The minimum atomic E-state index is -0.932. The highest BCUT2D eigenvalue weighted by Gasteiger charge is 2.15. The summed E-state index contributed by atoms with van der Waals surface area (Å²) in [6.45, 7) is 1.48. The quantitative estimate of drug-likeness (QED) is 0.628. The van der Waals surface area contributed by atoms with E-state index in [-0.39, 0.29) is 16.6 Å². The molecule has 0 radical (unpaired) electrons. The van der Waals surface area contributed by atoms with Gasteiger partial charge in [-0.05, 0) is 42.8 Å². The molecule has 0 saturated heterocycles. The summed E-state index contributed by atoms with van der Waals surface area (Å²) in [5.74, 6) is -0.293. The molecule has 27 heavy (non-hydrogen) atoms. The van der Waals surface area contributed by atoms with Gasteiger partial charge in [-0.25, -0.2) is 4.98 Å². The Bertz CT molecular complexity index is 1100. The molecule has 2 aromatic heterocycles. The molecule has 0 aliphatic rings. The van der Waals surface area contributed by atoms with Crippen molar-refractivity contribution >= 4 is 51.5 Å². The molecule has 0 fully saturated rings. The van der Waals surface area contributed by atoms with Crippen LogP contribution in [0.5, 0.6) is 5.75 Å². The first kappa shape index (κ1) is 18.9. The number of amides is 1. The molecular weight excluding hydrogens is 393 g/mol. The molecule has 3 aromatic rings. The largest absolute Gasteiger partial charge is 0.475 e. The predicted molar refractivity (Wildman–Crippen MR) is 104 cm³/mol. The summed E-state index contributed by atoms with van der Waals surface area (Å²) in [7, 11) is 1.61. The van der Waals surface area contributed by atoms with Crippen LogP contribution in [0.15, 0.2) is 35.3 Å². The maximum Gasteiger partial charge on any atom is 0.293 e. The van der Waals surface area contributed by atoms with Crippen LogP contribution in [-0.2, 0) is 11.8 Å². The van der Waals surface area contributed by atoms with E-state index < -0.39 is 12.0 Å². The van der Waals surface area contributed by atoms with E-state index in [1.54, 1.807) is 31.3 Å². The third-order valence-electron chi connectivity index (χ3n) is 3.87. The predicted octanol–water partition coefficient (Wildman–Crippen LogP) is 2.63. The van der Waals surface area contributed by atoms with Gasteiger partial charge in [-0.1, -0.05) is 11.6 Å². The van der Waals surface area contributed by atoms with Crippen LogP contribution in [0.4, 0.5) is 11.5 Å². The lowest BCUT2D eigenvalue weighted by Crippen LogP contribution is -2.33. The standard InChI is InChI=1S/C17H15Cl2N5O3/c1-8(14(20)25)27-13-6-9-5-10(3-4-12(9)24(2)16(13)26)22-15-11(18)7-21-17(19)23-15/h3-8H,1-2H3,(H2,20,25)(H,21,22,23). The van der Waals surface area contributed by atoms with Gasteiger partial charge in [0.1, 0.15) is 5.02 Å². The Labute approximate surface area is 163 Å². The van der Waals surface area contributed by atoms with Crippen molar-refractivity contribution in [1.82, 2.24) is 14.5 Å². The summed E-state index contributed by atoms with van der Waals surface area (Å²) in [6, 6.07) is 6.86. The summed E-state index contributed by atoms with van der Waals surface area (Å²) in [5, 5.41) is 4.11. The van der Waals surface area contributed by atoms with Crippen LogP contribution >= 0.6 is 23.2 Å². The molecule has 0 saturated carbocycles. The molecule has 1 aromatic carbocycles. The minimum absolute atomic E-state index is 0.0246. The molecule has 2 heterocycles. The Morgan fingerprint density at radius 2 is 2.07 bits per heavy atom. The monoisotopic (exact) mass is 407 g/mol. The molecule has 0 spiro atoms. The Hall–Kier alpha value is -2.84. The average molecular weight is 408 g/mol. The van der Waals surface area contributed by atoms with Crippen molar-refractivity contribution in [3.05, 3.63) is 51.1 Å². The molecule has 3 rings (SSSR count). The van der Waals surface area contributed by atoms with E-state index >= 15 is 0 Å². The maximum atomic E-state index is 12.4. The minimum Gasteiger partial charge on any atom is -0.475 e. The lowest BCUT2D eigenvalue weighted by molar-refractivity contribution is -0.124.